The lowest BCUT2D eigenvalue weighted by atomic mass is 10.3. The number of furan rings is 1. The maximum atomic E-state index is 11.3. The van der Waals surface area contributed by atoms with Crippen molar-refractivity contribution in [2.45, 2.75) is 11.4 Å². The molecule has 19 heavy (non-hydrogen) atoms. The third-order valence-electron chi connectivity index (χ3n) is 2.40. The van der Waals surface area contributed by atoms with E-state index in [1.165, 1.54) is 18.2 Å². The summed E-state index contributed by atoms with van der Waals surface area (Å²) in [6.45, 7) is 0.362. The molecule has 0 amide bonds. The van der Waals surface area contributed by atoms with Crippen molar-refractivity contribution in [1.82, 2.24) is 0 Å². The van der Waals surface area contributed by atoms with E-state index in [1.54, 1.807) is 12.3 Å². The van der Waals surface area contributed by atoms with Crippen LogP contribution in [0.5, 0.6) is 0 Å². The molecule has 0 fully saturated rings. The molecule has 0 atom stereocenters. The number of hydrogen-bond acceptors (Lipinski definition) is 4. The van der Waals surface area contributed by atoms with Crippen molar-refractivity contribution in [3.05, 3.63) is 45.8 Å². The fraction of sp³-hybridized carbons (Fsp3) is 0.0909. The first-order valence-corrected chi connectivity index (χ1v) is 7.88. The molecule has 0 radical (unpaired) electrons. The van der Waals surface area contributed by atoms with Crippen molar-refractivity contribution in [3.63, 3.8) is 0 Å². The number of nitrogens with two attached hydrogens (primary N) is 1. The molecule has 0 bridgehead atoms. The molecule has 0 aliphatic heterocycles. The predicted molar refractivity (Wildman–Crippen MR) is 76.6 cm³/mol. The minimum Gasteiger partial charge on any atom is -0.466 e. The third kappa shape index (κ3) is 3.50. The van der Waals surface area contributed by atoms with Crippen LogP contribution in [0, 0.1) is 0 Å². The molecule has 2 aromatic rings. The van der Waals surface area contributed by atoms with Crippen LogP contribution in [0.25, 0.3) is 0 Å². The van der Waals surface area contributed by atoms with Crippen LogP contribution in [0.4, 0.5) is 5.69 Å². The number of rotatable bonds is 4. The van der Waals surface area contributed by atoms with Crippen molar-refractivity contribution in [2.24, 2.45) is 5.14 Å². The minimum absolute atomic E-state index is 0.00193. The van der Waals surface area contributed by atoms with Gasteiger partial charge in [-0.25, -0.2) is 13.6 Å². The smallest absolute Gasteiger partial charge is 0.238 e. The summed E-state index contributed by atoms with van der Waals surface area (Å²) in [5.74, 6) is 0.678. The normalized spacial score (nSPS) is 11.5. The average Bonchev–Trinajstić information content (AvgIpc) is 2.72. The number of benzene rings is 1. The van der Waals surface area contributed by atoms with E-state index in [0.717, 1.165) is 4.47 Å². The molecule has 8 heteroatoms. The first kappa shape index (κ1) is 14.4. The standard InChI is InChI=1S/C11H10BrClN2O3S/c12-8-3-4-18-11(8)6-15-10-5-7(19(14,16)17)1-2-9(10)13/h1-5,15H,6H2,(H2,14,16,17). The van der Waals surface area contributed by atoms with Crippen molar-refractivity contribution in [1.29, 1.82) is 0 Å². The van der Waals surface area contributed by atoms with Gasteiger partial charge in [0.2, 0.25) is 10.0 Å². The molecule has 1 heterocycles. The van der Waals surface area contributed by atoms with Gasteiger partial charge in [0.05, 0.1) is 32.9 Å². The van der Waals surface area contributed by atoms with Crippen molar-refractivity contribution < 1.29 is 12.8 Å². The lowest BCUT2D eigenvalue weighted by molar-refractivity contribution is 0.516. The summed E-state index contributed by atoms with van der Waals surface area (Å²) in [5.41, 5.74) is 0.469. The van der Waals surface area contributed by atoms with Crippen LogP contribution >= 0.6 is 27.5 Å². The maximum absolute atomic E-state index is 11.3. The van der Waals surface area contributed by atoms with Crippen molar-refractivity contribution in [3.8, 4) is 0 Å². The second kappa shape index (κ2) is 5.54. The summed E-state index contributed by atoms with van der Waals surface area (Å²) < 4.78 is 28.6. The van der Waals surface area contributed by atoms with Gasteiger partial charge in [0.25, 0.3) is 0 Å². The van der Waals surface area contributed by atoms with Crippen LogP contribution in [0.1, 0.15) is 5.76 Å². The quantitative estimate of drug-likeness (QED) is 0.872. The first-order chi connectivity index (χ1) is 8.88. The fourth-order valence-corrected chi connectivity index (χ4v) is 2.51. The van der Waals surface area contributed by atoms with Gasteiger partial charge in [-0.05, 0) is 40.2 Å². The first-order valence-electron chi connectivity index (χ1n) is 5.16. The summed E-state index contributed by atoms with van der Waals surface area (Å²) in [7, 11) is -3.75. The van der Waals surface area contributed by atoms with E-state index in [4.69, 9.17) is 21.2 Å². The van der Waals surface area contributed by atoms with Crippen molar-refractivity contribution >= 4 is 43.2 Å². The summed E-state index contributed by atoms with van der Waals surface area (Å²) in [5, 5.41) is 8.46. The molecule has 1 aromatic heterocycles. The van der Waals surface area contributed by atoms with Gasteiger partial charge in [-0.3, -0.25) is 0 Å². The van der Waals surface area contributed by atoms with Gasteiger partial charge in [-0.15, -0.1) is 0 Å². The van der Waals surface area contributed by atoms with E-state index in [9.17, 15) is 8.42 Å². The van der Waals surface area contributed by atoms with Crippen molar-refractivity contribution in [2.75, 3.05) is 5.32 Å². The number of primary sulfonamides is 1. The highest BCUT2D eigenvalue weighted by molar-refractivity contribution is 9.10. The van der Waals surface area contributed by atoms with Crippen LogP contribution in [-0.2, 0) is 16.6 Å². The predicted octanol–water partition coefficient (Wildman–Crippen LogP) is 2.96. The second-order valence-corrected chi connectivity index (χ2v) is 6.55. The number of halogens is 2. The molecular formula is C11H10BrClN2O3S. The summed E-state index contributed by atoms with van der Waals surface area (Å²) in [4.78, 5) is -0.00193. The molecule has 1 aromatic carbocycles. The molecule has 0 aliphatic rings. The molecule has 0 spiro atoms. The zero-order valence-corrected chi connectivity index (χ0v) is 12.7. The van der Waals surface area contributed by atoms with Gasteiger partial charge in [-0.2, -0.15) is 0 Å². The molecule has 102 valence electrons. The molecule has 0 aliphatic carbocycles. The Bertz CT molecular complexity index is 700. The maximum Gasteiger partial charge on any atom is 0.238 e. The van der Waals surface area contributed by atoms with Crippen LogP contribution < -0.4 is 10.5 Å². The number of hydrogen-bond donors (Lipinski definition) is 2. The molecule has 0 saturated carbocycles. The van der Waals surface area contributed by atoms with Crippen LogP contribution in [0.15, 0.2) is 44.3 Å². The van der Waals surface area contributed by atoms with Gasteiger partial charge < -0.3 is 9.73 Å². The molecular weight excluding hydrogens is 356 g/mol. The highest BCUT2D eigenvalue weighted by atomic mass is 79.9. The lowest BCUT2D eigenvalue weighted by Gasteiger charge is -2.09. The summed E-state index contributed by atoms with van der Waals surface area (Å²) in [6.07, 6.45) is 1.55. The van der Waals surface area contributed by atoms with Gasteiger partial charge in [0.1, 0.15) is 5.76 Å². The van der Waals surface area contributed by atoms with Crippen LogP contribution in [-0.4, -0.2) is 8.42 Å². The van der Waals surface area contributed by atoms with Gasteiger partial charge in [0.15, 0.2) is 0 Å². The minimum atomic E-state index is -3.75. The number of anilines is 1. The molecule has 2 rings (SSSR count). The molecule has 5 nitrogen and oxygen atoms in total. The largest absolute Gasteiger partial charge is 0.466 e. The fourth-order valence-electron chi connectivity index (χ4n) is 1.44. The Hall–Kier alpha value is -1.02. The van der Waals surface area contributed by atoms with Gasteiger partial charge >= 0.3 is 0 Å². The Morgan fingerprint density at radius 1 is 1.37 bits per heavy atom. The Morgan fingerprint density at radius 3 is 2.68 bits per heavy atom. The molecule has 0 saturated heterocycles. The molecule has 0 unspecified atom stereocenters. The summed E-state index contributed by atoms with van der Waals surface area (Å²) >= 11 is 9.31. The van der Waals surface area contributed by atoms with Gasteiger partial charge in [-0.1, -0.05) is 11.6 Å². The van der Waals surface area contributed by atoms with E-state index >= 15 is 0 Å². The Labute approximate surface area is 123 Å². The second-order valence-electron chi connectivity index (χ2n) is 3.73. The highest BCUT2D eigenvalue weighted by Crippen LogP contribution is 2.26. The third-order valence-corrected chi connectivity index (χ3v) is 4.34. The Balaban J connectivity index is 2.23. The number of sulfonamides is 1. The summed E-state index contributed by atoms with van der Waals surface area (Å²) in [6, 6.07) is 5.97. The highest BCUT2D eigenvalue weighted by Gasteiger charge is 2.11. The molecule has 3 N–H and O–H groups in total. The SMILES string of the molecule is NS(=O)(=O)c1ccc(Cl)c(NCc2occc2Br)c1. The van der Waals surface area contributed by atoms with E-state index in [-0.39, 0.29) is 4.90 Å². The van der Waals surface area contributed by atoms with E-state index in [2.05, 4.69) is 21.2 Å². The number of nitrogens with one attached hydrogen (secondary N) is 1. The van der Waals surface area contributed by atoms with Crippen LogP contribution in [0.2, 0.25) is 5.02 Å². The zero-order chi connectivity index (χ0) is 14.0. The van der Waals surface area contributed by atoms with Gasteiger partial charge in [0, 0.05) is 0 Å². The average molecular weight is 366 g/mol. The van der Waals surface area contributed by atoms with E-state index in [0.29, 0.717) is 23.0 Å². The Kier molecular flexibility index (Phi) is 4.19. The zero-order valence-electron chi connectivity index (χ0n) is 9.56. The van der Waals surface area contributed by atoms with Crippen LogP contribution in [0.3, 0.4) is 0 Å². The van der Waals surface area contributed by atoms with E-state index < -0.39 is 10.0 Å². The lowest BCUT2D eigenvalue weighted by Crippen LogP contribution is -2.12. The van der Waals surface area contributed by atoms with E-state index in [1.807, 2.05) is 0 Å². The Morgan fingerprint density at radius 2 is 2.11 bits per heavy atom. The monoisotopic (exact) mass is 364 g/mol. The topological polar surface area (TPSA) is 85.3 Å².